The van der Waals surface area contributed by atoms with Crippen LogP contribution >= 0.6 is 0 Å². The van der Waals surface area contributed by atoms with Crippen molar-refractivity contribution in [3.63, 3.8) is 0 Å². The lowest BCUT2D eigenvalue weighted by molar-refractivity contribution is -0.160. The van der Waals surface area contributed by atoms with Crippen LogP contribution in [-0.2, 0) is 16.0 Å². The number of carboxylic acid groups (broad SMARTS) is 1. The van der Waals surface area contributed by atoms with Crippen LogP contribution in [0.25, 0.3) is 11.1 Å². The number of hydrogen-bond acceptors (Lipinski definition) is 5. The molecule has 2 atom stereocenters. The zero-order valence-corrected chi connectivity index (χ0v) is 22.9. The van der Waals surface area contributed by atoms with Crippen LogP contribution in [0.2, 0.25) is 0 Å². The number of pyridine rings is 2. The topological polar surface area (TPSA) is 75.5 Å². The van der Waals surface area contributed by atoms with E-state index >= 15 is 0 Å². The summed E-state index contributed by atoms with van der Waals surface area (Å²) in [7, 11) is 0. The van der Waals surface area contributed by atoms with E-state index < -0.39 is 17.7 Å². The van der Waals surface area contributed by atoms with Gasteiger partial charge in [0.1, 0.15) is 0 Å². The van der Waals surface area contributed by atoms with Gasteiger partial charge in [-0.05, 0) is 70.8 Å². The fraction of sp³-hybridized carbons (Fsp3) is 0.621. The van der Waals surface area contributed by atoms with Gasteiger partial charge in [-0.3, -0.25) is 14.4 Å². The number of piperidine rings is 1. The van der Waals surface area contributed by atoms with Crippen molar-refractivity contribution in [2.75, 3.05) is 24.7 Å². The van der Waals surface area contributed by atoms with Gasteiger partial charge in [0.05, 0.1) is 18.0 Å². The Labute approximate surface area is 215 Å². The Kier molecular flexibility index (Phi) is 8.75. The molecule has 1 N–H and O–H groups in total. The van der Waals surface area contributed by atoms with Crippen LogP contribution in [0.15, 0.2) is 24.5 Å². The Morgan fingerprint density at radius 1 is 1.19 bits per heavy atom. The summed E-state index contributed by atoms with van der Waals surface area (Å²) in [6.07, 6.45) is 5.99. The maximum Gasteiger partial charge on any atom is 0.337 e. The normalized spacial score (nSPS) is 17.6. The highest BCUT2D eigenvalue weighted by Crippen LogP contribution is 2.43. The number of aromatic nitrogens is 2. The van der Waals surface area contributed by atoms with Gasteiger partial charge < -0.3 is 14.7 Å². The molecular weight excluding hydrogens is 457 g/mol. The van der Waals surface area contributed by atoms with Crippen LogP contribution in [0.5, 0.6) is 0 Å². The van der Waals surface area contributed by atoms with Crippen LogP contribution in [-0.4, -0.2) is 46.4 Å². The van der Waals surface area contributed by atoms with Gasteiger partial charge in [0, 0.05) is 53.6 Å². The Hall–Kier alpha value is -2.54. The first-order valence-electron chi connectivity index (χ1n) is 13.0. The number of carbonyl (C=O) groups is 1. The summed E-state index contributed by atoms with van der Waals surface area (Å²) < 4.78 is 19.0. The van der Waals surface area contributed by atoms with E-state index in [0.717, 1.165) is 61.3 Å². The lowest BCUT2D eigenvalue weighted by Crippen LogP contribution is -2.39. The maximum atomic E-state index is 12.9. The predicted molar refractivity (Wildman–Crippen MR) is 142 cm³/mol. The van der Waals surface area contributed by atoms with Gasteiger partial charge in [-0.1, -0.05) is 26.8 Å². The van der Waals surface area contributed by atoms with Crippen LogP contribution in [0.3, 0.4) is 0 Å². The Morgan fingerprint density at radius 3 is 2.39 bits per heavy atom. The molecule has 2 aromatic rings. The minimum Gasteiger partial charge on any atom is -0.479 e. The number of aryl methyl sites for hydroxylation is 2. The van der Waals surface area contributed by atoms with E-state index in [9.17, 15) is 14.3 Å². The van der Waals surface area contributed by atoms with Gasteiger partial charge in [0.25, 0.3) is 0 Å². The van der Waals surface area contributed by atoms with Gasteiger partial charge in [0.15, 0.2) is 6.10 Å². The van der Waals surface area contributed by atoms with Crippen molar-refractivity contribution in [1.29, 1.82) is 0 Å². The molecule has 0 aromatic carbocycles. The summed E-state index contributed by atoms with van der Waals surface area (Å²) in [5.41, 5.74) is 4.38. The molecule has 1 saturated heterocycles. The number of halogens is 1. The molecule has 7 heteroatoms. The molecule has 1 aliphatic rings. The Morgan fingerprint density at radius 2 is 1.86 bits per heavy atom. The van der Waals surface area contributed by atoms with E-state index in [0.29, 0.717) is 11.3 Å². The largest absolute Gasteiger partial charge is 0.479 e. The highest BCUT2D eigenvalue weighted by atomic mass is 19.1. The molecule has 3 rings (SSSR count). The number of hydrogen-bond donors (Lipinski definition) is 1. The average Bonchev–Trinajstić information content (AvgIpc) is 2.81. The number of nitrogens with zero attached hydrogens (tertiary/aromatic N) is 3. The molecule has 0 saturated carbocycles. The molecule has 1 fully saturated rings. The quantitative estimate of drug-likeness (QED) is 0.421. The highest BCUT2D eigenvalue weighted by molar-refractivity contribution is 5.86. The minimum atomic E-state index is -1.14. The molecular formula is C29H42FN3O3. The van der Waals surface area contributed by atoms with Crippen LogP contribution in [0, 0.1) is 18.3 Å². The summed E-state index contributed by atoms with van der Waals surface area (Å²) in [6, 6.07) is 3.99. The molecule has 6 nitrogen and oxygen atoms in total. The molecule has 198 valence electrons. The molecule has 0 radical (unpaired) electrons. The highest BCUT2D eigenvalue weighted by Gasteiger charge is 2.35. The van der Waals surface area contributed by atoms with Gasteiger partial charge in [-0.25, -0.2) is 4.79 Å². The molecule has 0 aliphatic carbocycles. The first kappa shape index (κ1) is 28.0. The third kappa shape index (κ3) is 7.02. The van der Waals surface area contributed by atoms with Crippen molar-refractivity contribution in [2.45, 2.75) is 85.9 Å². The van der Waals surface area contributed by atoms with Gasteiger partial charge >= 0.3 is 5.97 Å². The maximum absolute atomic E-state index is 12.9. The van der Waals surface area contributed by atoms with Gasteiger partial charge in [-0.15, -0.1) is 0 Å². The van der Waals surface area contributed by atoms with Crippen molar-refractivity contribution in [3.05, 3.63) is 41.5 Å². The number of anilines is 1. The minimum absolute atomic E-state index is 0.0149. The third-order valence-electron chi connectivity index (χ3n) is 6.97. The molecule has 0 spiro atoms. The van der Waals surface area contributed by atoms with E-state index in [1.54, 1.807) is 0 Å². The van der Waals surface area contributed by atoms with E-state index in [1.165, 1.54) is 0 Å². The lowest BCUT2D eigenvalue weighted by Gasteiger charge is -2.40. The molecule has 1 aliphatic heterocycles. The number of ether oxygens (including phenoxy) is 1. The SMILES string of the molecule is Cc1ncc(-c2ccc(CC[C@H](C)CF)nc2)c(N2CCC(C)(C)CC2)c1C(OC(C)(C)C)C(=O)O. The van der Waals surface area contributed by atoms with Crippen LogP contribution in [0.1, 0.15) is 83.9 Å². The summed E-state index contributed by atoms with van der Waals surface area (Å²) >= 11 is 0. The standard InChI is InChI=1S/C29H42FN3O3/c1-19(16-30)8-10-22-11-9-21(17-32-22)23-18-31-20(2)24(26(27(34)35)36-28(3,4)5)25(23)33-14-12-29(6,7)13-15-33/h9,11,17-19,26H,8,10,12-16H2,1-7H3,(H,34,35)/t19-,26?/m0/s1. The van der Waals surface area contributed by atoms with Gasteiger partial charge in [0.2, 0.25) is 0 Å². The van der Waals surface area contributed by atoms with Crippen molar-refractivity contribution >= 4 is 11.7 Å². The molecule has 2 aromatic heterocycles. The smallest absolute Gasteiger partial charge is 0.337 e. The molecule has 0 bridgehead atoms. The van der Waals surface area contributed by atoms with E-state index in [-0.39, 0.29) is 18.0 Å². The number of carboxylic acids is 1. The average molecular weight is 500 g/mol. The van der Waals surface area contributed by atoms with Crippen molar-refractivity contribution in [3.8, 4) is 11.1 Å². The third-order valence-corrected chi connectivity index (χ3v) is 6.97. The molecule has 3 heterocycles. The zero-order valence-electron chi connectivity index (χ0n) is 22.9. The second-order valence-corrected chi connectivity index (χ2v) is 12.0. The molecule has 0 amide bonds. The summed E-state index contributed by atoms with van der Waals surface area (Å²) in [6.45, 7) is 15.2. The van der Waals surface area contributed by atoms with E-state index in [4.69, 9.17) is 4.74 Å². The molecule has 36 heavy (non-hydrogen) atoms. The lowest BCUT2D eigenvalue weighted by atomic mass is 9.82. The Balaban J connectivity index is 2.10. The van der Waals surface area contributed by atoms with Crippen LogP contribution in [0.4, 0.5) is 10.1 Å². The second-order valence-electron chi connectivity index (χ2n) is 12.0. The number of rotatable bonds is 9. The van der Waals surface area contributed by atoms with Crippen molar-refractivity contribution in [2.24, 2.45) is 11.3 Å². The summed E-state index contributed by atoms with van der Waals surface area (Å²) in [4.78, 5) is 24.1. The van der Waals surface area contributed by atoms with E-state index in [1.807, 2.05) is 59.1 Å². The first-order chi connectivity index (χ1) is 16.8. The Bertz CT molecular complexity index is 1040. The fourth-order valence-electron chi connectivity index (χ4n) is 4.60. The van der Waals surface area contributed by atoms with Crippen molar-refractivity contribution in [1.82, 2.24) is 9.97 Å². The van der Waals surface area contributed by atoms with Crippen molar-refractivity contribution < 1.29 is 19.0 Å². The zero-order chi connectivity index (χ0) is 26.7. The summed E-state index contributed by atoms with van der Waals surface area (Å²) in [5.74, 6) is -1.01. The second kappa shape index (κ2) is 11.2. The van der Waals surface area contributed by atoms with Crippen LogP contribution < -0.4 is 4.90 Å². The molecule has 1 unspecified atom stereocenters. The van der Waals surface area contributed by atoms with Gasteiger partial charge in [-0.2, -0.15) is 0 Å². The first-order valence-corrected chi connectivity index (χ1v) is 13.0. The predicted octanol–water partition coefficient (Wildman–Crippen LogP) is 6.56. The summed E-state index contributed by atoms with van der Waals surface area (Å²) in [5, 5.41) is 10.2. The number of aliphatic carboxylic acids is 1. The number of alkyl halides is 1. The monoisotopic (exact) mass is 499 g/mol. The fourth-order valence-corrected chi connectivity index (χ4v) is 4.60. The van der Waals surface area contributed by atoms with E-state index in [2.05, 4.69) is 28.7 Å².